The van der Waals surface area contributed by atoms with Crippen molar-refractivity contribution in [2.45, 2.75) is 27.2 Å². The van der Waals surface area contributed by atoms with Crippen molar-refractivity contribution < 1.29 is 12.4 Å². The normalized spacial score (nSPS) is 11.0. The summed E-state index contributed by atoms with van der Waals surface area (Å²) in [5, 5.41) is 5.86. The molecule has 1 amide bonds. The zero-order valence-electron chi connectivity index (χ0n) is 10.4. The molecule has 0 aliphatic carbocycles. The zero-order valence-corrected chi connectivity index (χ0v) is 10.4. The standard InChI is InChI=1S/C12H22N2O2.2H2/c1-4-7-13-8-9-14-12(16)6-5-11(15)10(2)3;;/h5-6,10,13H,4,7-9H2,1-3H3,(H,14,16);2*1H/b6-5-;;. The van der Waals surface area contributed by atoms with E-state index in [1.165, 1.54) is 12.2 Å². The summed E-state index contributed by atoms with van der Waals surface area (Å²) in [5.74, 6) is -0.304. The molecule has 0 atom stereocenters. The Hall–Kier alpha value is -1.16. The minimum absolute atomic E-state index is 0. The highest BCUT2D eigenvalue weighted by molar-refractivity contribution is 5.98. The third-order valence-electron chi connectivity index (χ3n) is 2.00. The Bertz CT molecular complexity index is 256. The quantitative estimate of drug-likeness (QED) is 0.489. The van der Waals surface area contributed by atoms with E-state index < -0.39 is 0 Å². The summed E-state index contributed by atoms with van der Waals surface area (Å²) in [6.07, 6.45) is 3.71. The summed E-state index contributed by atoms with van der Waals surface area (Å²) >= 11 is 0. The molecule has 0 bridgehead atoms. The number of nitrogens with one attached hydrogen (secondary N) is 2. The molecular weight excluding hydrogens is 204 g/mol. The van der Waals surface area contributed by atoms with E-state index in [1.54, 1.807) is 13.8 Å². The summed E-state index contributed by atoms with van der Waals surface area (Å²) in [6, 6.07) is 0. The van der Waals surface area contributed by atoms with Gasteiger partial charge >= 0.3 is 0 Å². The van der Waals surface area contributed by atoms with Crippen LogP contribution in [0.5, 0.6) is 0 Å². The Morgan fingerprint density at radius 3 is 2.44 bits per heavy atom. The fourth-order valence-electron chi connectivity index (χ4n) is 0.985. The molecule has 0 aliphatic heterocycles. The van der Waals surface area contributed by atoms with E-state index in [0.29, 0.717) is 6.54 Å². The van der Waals surface area contributed by atoms with Gasteiger partial charge in [-0.25, -0.2) is 0 Å². The Morgan fingerprint density at radius 1 is 1.19 bits per heavy atom. The van der Waals surface area contributed by atoms with E-state index >= 15 is 0 Å². The van der Waals surface area contributed by atoms with Crippen LogP contribution in [0.25, 0.3) is 0 Å². The Balaban J connectivity index is -0.00000112. The number of ketones is 1. The van der Waals surface area contributed by atoms with Crippen LogP contribution >= 0.6 is 0 Å². The van der Waals surface area contributed by atoms with Gasteiger partial charge < -0.3 is 10.6 Å². The summed E-state index contributed by atoms with van der Waals surface area (Å²) in [7, 11) is 0. The number of amides is 1. The lowest BCUT2D eigenvalue weighted by atomic mass is 10.1. The SMILES string of the molecule is CCCNCCNC(=O)/C=C\C(=O)C(C)C.[HH].[HH]. The molecule has 96 valence electrons. The highest BCUT2D eigenvalue weighted by Gasteiger charge is 2.02. The molecule has 0 saturated carbocycles. The highest BCUT2D eigenvalue weighted by Crippen LogP contribution is 1.94. The minimum atomic E-state index is -0.215. The first kappa shape index (κ1) is 14.8. The number of carbonyl (C=O) groups is 2. The van der Waals surface area contributed by atoms with Crippen molar-refractivity contribution in [3.63, 3.8) is 0 Å². The summed E-state index contributed by atoms with van der Waals surface area (Å²) in [5.41, 5.74) is 0. The van der Waals surface area contributed by atoms with Crippen molar-refractivity contribution in [1.82, 2.24) is 10.6 Å². The van der Waals surface area contributed by atoms with Crippen LogP contribution in [0, 0.1) is 5.92 Å². The molecule has 0 rings (SSSR count). The van der Waals surface area contributed by atoms with E-state index in [2.05, 4.69) is 17.6 Å². The molecule has 0 fully saturated rings. The Morgan fingerprint density at radius 2 is 1.88 bits per heavy atom. The first-order chi connectivity index (χ1) is 7.57. The van der Waals surface area contributed by atoms with E-state index in [4.69, 9.17) is 0 Å². The second-order valence-electron chi connectivity index (χ2n) is 3.93. The van der Waals surface area contributed by atoms with Gasteiger partial charge in [0.05, 0.1) is 0 Å². The molecular formula is C12H26N2O2. The van der Waals surface area contributed by atoms with Crippen LogP contribution in [0.3, 0.4) is 0 Å². The Kier molecular flexibility index (Phi) is 8.43. The first-order valence-electron chi connectivity index (χ1n) is 5.78. The maximum atomic E-state index is 11.2. The van der Waals surface area contributed by atoms with Gasteiger partial charge in [0, 0.05) is 27.9 Å². The lowest BCUT2D eigenvalue weighted by Crippen LogP contribution is -2.31. The molecule has 0 radical (unpaired) electrons. The maximum absolute atomic E-state index is 11.2. The predicted molar refractivity (Wildman–Crippen MR) is 69.4 cm³/mol. The van der Waals surface area contributed by atoms with Gasteiger partial charge in [-0.05, 0) is 19.0 Å². The lowest BCUT2D eigenvalue weighted by molar-refractivity contribution is -0.119. The van der Waals surface area contributed by atoms with Crippen LogP contribution in [0.2, 0.25) is 0 Å². The maximum Gasteiger partial charge on any atom is 0.244 e. The van der Waals surface area contributed by atoms with Crippen LogP contribution in [-0.4, -0.2) is 31.3 Å². The van der Waals surface area contributed by atoms with Crippen LogP contribution in [0.1, 0.15) is 30.0 Å². The summed E-state index contributed by atoms with van der Waals surface area (Å²) in [4.78, 5) is 22.4. The van der Waals surface area contributed by atoms with E-state index in [0.717, 1.165) is 19.5 Å². The molecule has 0 saturated heterocycles. The average molecular weight is 230 g/mol. The molecule has 4 nitrogen and oxygen atoms in total. The fraction of sp³-hybridized carbons (Fsp3) is 0.667. The van der Waals surface area contributed by atoms with Gasteiger partial charge in [-0.3, -0.25) is 9.59 Å². The van der Waals surface area contributed by atoms with Gasteiger partial charge in [0.1, 0.15) is 0 Å². The second-order valence-corrected chi connectivity index (χ2v) is 3.93. The fourth-order valence-corrected chi connectivity index (χ4v) is 0.985. The molecule has 0 aliphatic rings. The number of hydrogen-bond acceptors (Lipinski definition) is 3. The number of allylic oxidation sites excluding steroid dienone is 1. The van der Waals surface area contributed by atoms with Crippen LogP contribution < -0.4 is 10.6 Å². The molecule has 0 unspecified atom stereocenters. The topological polar surface area (TPSA) is 58.2 Å². The Labute approximate surface area is 100 Å². The van der Waals surface area contributed by atoms with E-state index in [-0.39, 0.29) is 20.5 Å². The van der Waals surface area contributed by atoms with Crippen LogP contribution in [0.4, 0.5) is 0 Å². The predicted octanol–water partition coefficient (Wildman–Crippen LogP) is 1.38. The van der Waals surface area contributed by atoms with Gasteiger partial charge in [-0.15, -0.1) is 0 Å². The zero-order chi connectivity index (χ0) is 12.4. The van der Waals surface area contributed by atoms with Gasteiger partial charge in [-0.1, -0.05) is 20.8 Å². The van der Waals surface area contributed by atoms with Gasteiger partial charge in [-0.2, -0.15) is 0 Å². The van der Waals surface area contributed by atoms with Crippen molar-refractivity contribution in [2.75, 3.05) is 19.6 Å². The summed E-state index contributed by atoms with van der Waals surface area (Å²) in [6.45, 7) is 7.99. The van der Waals surface area contributed by atoms with Crippen LogP contribution in [0.15, 0.2) is 12.2 Å². The number of carbonyl (C=O) groups excluding carboxylic acids is 2. The molecule has 0 spiro atoms. The lowest BCUT2D eigenvalue weighted by Gasteiger charge is -2.03. The van der Waals surface area contributed by atoms with Crippen molar-refractivity contribution >= 4 is 11.7 Å². The summed E-state index contributed by atoms with van der Waals surface area (Å²) < 4.78 is 0. The van der Waals surface area contributed by atoms with Crippen molar-refractivity contribution in [2.24, 2.45) is 5.92 Å². The largest absolute Gasteiger partial charge is 0.351 e. The molecule has 0 aromatic carbocycles. The third-order valence-corrected chi connectivity index (χ3v) is 2.00. The minimum Gasteiger partial charge on any atom is -0.351 e. The first-order valence-corrected chi connectivity index (χ1v) is 5.78. The van der Waals surface area contributed by atoms with Crippen LogP contribution in [-0.2, 0) is 9.59 Å². The third kappa shape index (κ3) is 8.17. The number of rotatable bonds is 8. The van der Waals surface area contributed by atoms with E-state index in [9.17, 15) is 9.59 Å². The molecule has 16 heavy (non-hydrogen) atoms. The van der Waals surface area contributed by atoms with Gasteiger partial charge in [0.2, 0.25) is 5.91 Å². The molecule has 4 heteroatoms. The van der Waals surface area contributed by atoms with Crippen molar-refractivity contribution in [3.05, 3.63) is 12.2 Å². The van der Waals surface area contributed by atoms with Crippen molar-refractivity contribution in [3.8, 4) is 0 Å². The average Bonchev–Trinajstić information content (AvgIpc) is 2.25. The molecule has 0 aromatic heterocycles. The monoisotopic (exact) mass is 230 g/mol. The smallest absolute Gasteiger partial charge is 0.244 e. The molecule has 0 heterocycles. The molecule has 2 N–H and O–H groups in total. The van der Waals surface area contributed by atoms with E-state index in [1.807, 2.05) is 0 Å². The second kappa shape index (κ2) is 9.09. The van der Waals surface area contributed by atoms with Gasteiger partial charge in [0.15, 0.2) is 5.78 Å². The van der Waals surface area contributed by atoms with Crippen molar-refractivity contribution in [1.29, 1.82) is 0 Å². The van der Waals surface area contributed by atoms with Gasteiger partial charge in [0.25, 0.3) is 0 Å². The highest BCUT2D eigenvalue weighted by atomic mass is 16.1. The number of hydrogen-bond donors (Lipinski definition) is 2. The molecule has 0 aromatic rings.